The Morgan fingerprint density at radius 2 is 1.46 bits per heavy atom. The molecule has 3 aromatic rings. The minimum absolute atomic E-state index is 0.259. The van der Waals surface area contributed by atoms with Crippen molar-refractivity contribution in [3.8, 4) is 0 Å². The van der Waals surface area contributed by atoms with Crippen LogP contribution in [0.25, 0.3) is 0 Å². The van der Waals surface area contributed by atoms with E-state index in [1.54, 1.807) is 77.7 Å². The summed E-state index contributed by atoms with van der Waals surface area (Å²) in [6.45, 7) is 0. The SMILES string of the molecule is O=C1C(Nc2ccc(Cl)cc2)=C[C@@H](c2ccccc2F)N1c1ccc(Cl)cc1. The second-order valence-electron chi connectivity index (χ2n) is 6.33. The average molecular weight is 413 g/mol. The highest BCUT2D eigenvalue weighted by Crippen LogP contribution is 2.37. The second-order valence-corrected chi connectivity index (χ2v) is 7.20. The van der Waals surface area contributed by atoms with Gasteiger partial charge in [-0.1, -0.05) is 41.4 Å². The lowest BCUT2D eigenvalue weighted by Crippen LogP contribution is -2.31. The van der Waals surface area contributed by atoms with Crippen LogP contribution in [0.1, 0.15) is 11.6 Å². The van der Waals surface area contributed by atoms with Crippen LogP contribution in [0.5, 0.6) is 0 Å². The van der Waals surface area contributed by atoms with Crippen LogP contribution in [-0.4, -0.2) is 5.91 Å². The van der Waals surface area contributed by atoms with Crippen LogP contribution in [0, 0.1) is 5.82 Å². The third-order valence-corrected chi connectivity index (χ3v) is 5.01. The number of nitrogens with one attached hydrogen (secondary N) is 1. The summed E-state index contributed by atoms with van der Waals surface area (Å²) < 4.78 is 14.5. The van der Waals surface area contributed by atoms with E-state index in [1.807, 2.05) is 0 Å². The molecule has 0 unspecified atom stereocenters. The molecule has 0 aliphatic carbocycles. The third-order valence-electron chi connectivity index (χ3n) is 4.50. The molecule has 0 saturated carbocycles. The monoisotopic (exact) mass is 412 g/mol. The molecule has 1 atom stereocenters. The zero-order chi connectivity index (χ0) is 19.7. The van der Waals surface area contributed by atoms with Gasteiger partial charge in [0.25, 0.3) is 5.91 Å². The number of hydrogen-bond acceptors (Lipinski definition) is 2. The maximum absolute atomic E-state index is 14.5. The summed E-state index contributed by atoms with van der Waals surface area (Å²) in [6.07, 6.45) is 1.73. The van der Waals surface area contributed by atoms with Crippen LogP contribution in [0.3, 0.4) is 0 Å². The molecule has 140 valence electrons. The summed E-state index contributed by atoms with van der Waals surface area (Å²) in [5.74, 6) is -0.631. The van der Waals surface area contributed by atoms with E-state index in [0.29, 0.717) is 32.7 Å². The maximum atomic E-state index is 14.5. The molecule has 1 aliphatic heterocycles. The van der Waals surface area contributed by atoms with Gasteiger partial charge in [0.1, 0.15) is 11.5 Å². The maximum Gasteiger partial charge on any atom is 0.275 e. The average Bonchev–Trinajstić information content (AvgIpc) is 3.01. The van der Waals surface area contributed by atoms with Crippen molar-refractivity contribution in [2.75, 3.05) is 10.2 Å². The Balaban J connectivity index is 1.74. The first kappa shape index (κ1) is 18.5. The molecule has 0 radical (unpaired) electrons. The van der Waals surface area contributed by atoms with E-state index in [1.165, 1.54) is 6.07 Å². The van der Waals surface area contributed by atoms with Crippen molar-refractivity contribution >= 4 is 40.5 Å². The molecule has 3 aromatic carbocycles. The van der Waals surface area contributed by atoms with Crippen molar-refractivity contribution in [3.63, 3.8) is 0 Å². The molecule has 1 heterocycles. The van der Waals surface area contributed by atoms with Gasteiger partial charge >= 0.3 is 0 Å². The van der Waals surface area contributed by atoms with E-state index in [9.17, 15) is 9.18 Å². The van der Waals surface area contributed by atoms with Crippen LogP contribution < -0.4 is 10.2 Å². The highest BCUT2D eigenvalue weighted by atomic mass is 35.5. The molecule has 4 rings (SSSR count). The van der Waals surface area contributed by atoms with Crippen molar-refractivity contribution in [1.29, 1.82) is 0 Å². The van der Waals surface area contributed by atoms with Crippen LogP contribution in [0.15, 0.2) is 84.6 Å². The minimum atomic E-state index is -0.579. The van der Waals surface area contributed by atoms with Gasteiger partial charge in [-0.15, -0.1) is 0 Å². The van der Waals surface area contributed by atoms with Crippen molar-refractivity contribution in [1.82, 2.24) is 0 Å². The number of hydrogen-bond donors (Lipinski definition) is 1. The summed E-state index contributed by atoms with van der Waals surface area (Å²) in [5.41, 5.74) is 2.13. The lowest BCUT2D eigenvalue weighted by Gasteiger charge is -2.25. The van der Waals surface area contributed by atoms with Crippen molar-refractivity contribution < 1.29 is 9.18 Å². The van der Waals surface area contributed by atoms with Crippen molar-refractivity contribution in [3.05, 3.63) is 106 Å². The molecule has 0 bridgehead atoms. The predicted molar refractivity (Wildman–Crippen MR) is 111 cm³/mol. The molecular weight excluding hydrogens is 398 g/mol. The first-order valence-corrected chi connectivity index (χ1v) is 9.36. The number of anilines is 2. The van der Waals surface area contributed by atoms with Gasteiger partial charge in [-0.2, -0.15) is 0 Å². The van der Waals surface area contributed by atoms with Gasteiger partial charge in [-0.3, -0.25) is 9.69 Å². The highest BCUT2D eigenvalue weighted by Gasteiger charge is 2.36. The van der Waals surface area contributed by atoms with Gasteiger partial charge in [0, 0.05) is 27.0 Å². The van der Waals surface area contributed by atoms with Crippen LogP contribution in [0.2, 0.25) is 10.0 Å². The Morgan fingerprint density at radius 1 is 0.857 bits per heavy atom. The molecular formula is C22H15Cl2FN2O. The topological polar surface area (TPSA) is 32.3 Å². The van der Waals surface area contributed by atoms with Gasteiger partial charge in [-0.25, -0.2) is 4.39 Å². The zero-order valence-corrected chi connectivity index (χ0v) is 16.1. The van der Waals surface area contributed by atoms with Crippen molar-refractivity contribution in [2.24, 2.45) is 0 Å². The number of halogens is 3. The second kappa shape index (κ2) is 7.66. The van der Waals surface area contributed by atoms with E-state index in [0.717, 1.165) is 0 Å². The Bertz CT molecular complexity index is 1050. The zero-order valence-electron chi connectivity index (χ0n) is 14.6. The summed E-state index contributed by atoms with van der Waals surface area (Å²) in [7, 11) is 0. The normalized spacial score (nSPS) is 16.2. The molecule has 1 aliphatic rings. The molecule has 28 heavy (non-hydrogen) atoms. The predicted octanol–water partition coefficient (Wildman–Crippen LogP) is 6.22. The standard InChI is InChI=1S/C22H15Cl2FN2O/c23-14-5-9-16(10-6-14)26-20-13-21(18-3-1-2-4-19(18)25)27(22(20)28)17-11-7-15(24)8-12-17/h1-13,21,26H/t21-/m0/s1. The fraction of sp³-hybridized carbons (Fsp3) is 0.0455. The Labute approximate surface area is 172 Å². The lowest BCUT2D eigenvalue weighted by molar-refractivity contribution is -0.114. The molecule has 1 amide bonds. The van der Waals surface area contributed by atoms with Crippen LogP contribution >= 0.6 is 23.2 Å². The number of nitrogens with zero attached hydrogens (tertiary/aromatic N) is 1. The highest BCUT2D eigenvalue weighted by molar-refractivity contribution is 6.31. The van der Waals surface area contributed by atoms with Crippen LogP contribution in [-0.2, 0) is 4.79 Å². The summed E-state index contributed by atoms with van der Waals surface area (Å²) >= 11 is 11.9. The number of benzene rings is 3. The van der Waals surface area contributed by atoms with E-state index < -0.39 is 6.04 Å². The Hall–Kier alpha value is -2.82. The van der Waals surface area contributed by atoms with Gasteiger partial charge in [0.15, 0.2) is 0 Å². The Morgan fingerprint density at radius 3 is 2.11 bits per heavy atom. The Kier molecular flexibility index (Phi) is 5.07. The number of amides is 1. The summed E-state index contributed by atoms with van der Waals surface area (Å²) in [4.78, 5) is 14.7. The fourth-order valence-corrected chi connectivity index (χ4v) is 3.42. The largest absolute Gasteiger partial charge is 0.351 e. The van der Waals surface area contributed by atoms with Crippen molar-refractivity contribution in [2.45, 2.75) is 6.04 Å². The molecule has 6 heteroatoms. The molecule has 0 spiro atoms. The molecule has 3 nitrogen and oxygen atoms in total. The minimum Gasteiger partial charge on any atom is -0.351 e. The van der Waals surface area contributed by atoms with E-state index >= 15 is 0 Å². The van der Waals surface area contributed by atoms with E-state index in [2.05, 4.69) is 5.32 Å². The molecule has 0 saturated heterocycles. The molecule has 0 aromatic heterocycles. The quantitative estimate of drug-likeness (QED) is 0.551. The number of carbonyl (C=O) groups is 1. The molecule has 0 fully saturated rings. The summed E-state index contributed by atoms with van der Waals surface area (Å²) in [6, 6.07) is 19.8. The van der Waals surface area contributed by atoms with E-state index in [-0.39, 0.29) is 11.7 Å². The van der Waals surface area contributed by atoms with Gasteiger partial charge < -0.3 is 5.32 Å². The lowest BCUT2D eigenvalue weighted by atomic mass is 10.1. The summed E-state index contributed by atoms with van der Waals surface area (Å²) in [5, 5.41) is 4.27. The van der Waals surface area contributed by atoms with E-state index in [4.69, 9.17) is 23.2 Å². The van der Waals surface area contributed by atoms with Gasteiger partial charge in [0.2, 0.25) is 0 Å². The number of carbonyl (C=O) groups excluding carboxylic acids is 1. The first-order valence-electron chi connectivity index (χ1n) is 8.61. The number of rotatable bonds is 4. The van der Waals surface area contributed by atoms with Gasteiger partial charge in [-0.05, 0) is 60.7 Å². The first-order chi connectivity index (χ1) is 13.5. The van der Waals surface area contributed by atoms with Crippen LogP contribution in [0.4, 0.5) is 15.8 Å². The van der Waals surface area contributed by atoms with Gasteiger partial charge in [0.05, 0.1) is 6.04 Å². The smallest absolute Gasteiger partial charge is 0.275 e. The molecule has 1 N–H and O–H groups in total. The fourth-order valence-electron chi connectivity index (χ4n) is 3.17. The third kappa shape index (κ3) is 3.61.